The van der Waals surface area contributed by atoms with Gasteiger partial charge in [0.1, 0.15) is 5.82 Å². The molecule has 0 spiro atoms. The van der Waals surface area contributed by atoms with Crippen LogP contribution in [0.25, 0.3) is 10.8 Å². The van der Waals surface area contributed by atoms with Gasteiger partial charge in [0.25, 0.3) is 0 Å². The van der Waals surface area contributed by atoms with Crippen LogP contribution in [0.5, 0.6) is 0 Å². The number of nitrogens with zero attached hydrogens (tertiary/aromatic N) is 2. The Morgan fingerprint density at radius 1 is 1.45 bits per heavy atom. The number of carbonyl (C=O) groups is 1. The van der Waals surface area contributed by atoms with Crippen molar-refractivity contribution < 1.29 is 9.90 Å². The van der Waals surface area contributed by atoms with E-state index in [1.807, 2.05) is 42.3 Å². The van der Waals surface area contributed by atoms with E-state index in [4.69, 9.17) is 0 Å². The van der Waals surface area contributed by atoms with E-state index in [9.17, 15) is 9.90 Å². The van der Waals surface area contributed by atoms with Crippen molar-refractivity contribution in [1.82, 2.24) is 4.98 Å². The van der Waals surface area contributed by atoms with Crippen LogP contribution in [0, 0.1) is 0 Å². The van der Waals surface area contributed by atoms with Crippen molar-refractivity contribution in [2.75, 3.05) is 18.5 Å². The van der Waals surface area contributed by atoms with Gasteiger partial charge in [-0.2, -0.15) is 0 Å². The Hall–Kier alpha value is -2.36. The van der Waals surface area contributed by atoms with E-state index in [1.165, 1.54) is 0 Å². The van der Waals surface area contributed by atoms with Gasteiger partial charge < -0.3 is 10.0 Å². The number of hydrogen-bond acceptors (Lipinski definition) is 3. The quantitative estimate of drug-likeness (QED) is 0.646. The molecule has 4 nitrogen and oxygen atoms in total. The molecule has 1 heterocycles. The van der Waals surface area contributed by atoms with E-state index in [-0.39, 0.29) is 5.69 Å². The van der Waals surface area contributed by atoms with Crippen molar-refractivity contribution in [3.8, 4) is 0 Å². The number of aromatic carboxylic acids is 1. The Balaban J connectivity index is 2.43. The molecular formula is C16H18N2O2. The lowest BCUT2D eigenvalue weighted by atomic mass is 10.1. The predicted molar refractivity (Wildman–Crippen MR) is 81.4 cm³/mol. The molecule has 0 aliphatic rings. The number of hydrogen-bond donors (Lipinski definition) is 1. The molecule has 1 N–H and O–H groups in total. The van der Waals surface area contributed by atoms with Crippen molar-refractivity contribution in [2.45, 2.75) is 12.8 Å². The number of fused-ring (bicyclic) bond motifs is 1. The van der Waals surface area contributed by atoms with Crippen LogP contribution in [-0.4, -0.2) is 29.7 Å². The molecule has 2 aromatic rings. The summed E-state index contributed by atoms with van der Waals surface area (Å²) >= 11 is 0. The maximum absolute atomic E-state index is 11.2. The minimum atomic E-state index is -1.00. The largest absolute Gasteiger partial charge is 0.477 e. The summed E-state index contributed by atoms with van der Waals surface area (Å²) in [6.07, 6.45) is 3.78. The molecule has 104 valence electrons. The number of aromatic nitrogens is 1. The van der Waals surface area contributed by atoms with Crippen molar-refractivity contribution in [2.24, 2.45) is 0 Å². The lowest BCUT2D eigenvalue weighted by Crippen LogP contribution is -2.21. The number of benzene rings is 1. The first-order valence-corrected chi connectivity index (χ1v) is 6.58. The summed E-state index contributed by atoms with van der Waals surface area (Å²) in [5.74, 6) is -0.291. The summed E-state index contributed by atoms with van der Waals surface area (Å²) in [6.45, 7) is 4.52. The van der Waals surface area contributed by atoms with E-state index in [1.54, 1.807) is 6.07 Å². The summed E-state index contributed by atoms with van der Waals surface area (Å²) < 4.78 is 0. The Morgan fingerprint density at radius 3 is 2.90 bits per heavy atom. The highest BCUT2D eigenvalue weighted by atomic mass is 16.4. The molecule has 0 unspecified atom stereocenters. The fourth-order valence-electron chi connectivity index (χ4n) is 2.16. The van der Waals surface area contributed by atoms with Crippen molar-refractivity contribution in [3.63, 3.8) is 0 Å². The molecule has 20 heavy (non-hydrogen) atoms. The molecule has 0 atom stereocenters. The molecule has 0 fully saturated rings. The SMILES string of the molecule is C=CCCCN(C)c1nc(C(=O)O)cc2ccccc12. The van der Waals surface area contributed by atoms with Gasteiger partial charge in [-0.1, -0.05) is 30.3 Å². The Morgan fingerprint density at radius 2 is 2.20 bits per heavy atom. The zero-order valence-corrected chi connectivity index (χ0v) is 11.5. The Labute approximate surface area is 118 Å². The molecule has 4 heteroatoms. The topological polar surface area (TPSA) is 53.4 Å². The number of carboxylic acid groups (broad SMARTS) is 1. The van der Waals surface area contributed by atoms with E-state index in [0.717, 1.165) is 30.2 Å². The number of anilines is 1. The van der Waals surface area contributed by atoms with Crippen LogP contribution in [0.4, 0.5) is 5.82 Å². The maximum atomic E-state index is 11.2. The molecule has 1 aromatic carbocycles. The summed E-state index contributed by atoms with van der Waals surface area (Å²) in [5.41, 5.74) is 0.0780. The number of carboxylic acids is 1. The van der Waals surface area contributed by atoms with Gasteiger partial charge in [0.05, 0.1) is 0 Å². The standard InChI is InChI=1S/C16H18N2O2/c1-3-4-7-10-18(2)15-13-9-6-5-8-12(13)11-14(17-15)16(19)20/h3,5-6,8-9,11H,1,4,7,10H2,2H3,(H,19,20). The number of pyridine rings is 1. The summed E-state index contributed by atoms with van der Waals surface area (Å²) in [4.78, 5) is 17.5. The molecule has 1 aromatic heterocycles. The molecule has 0 bridgehead atoms. The number of rotatable bonds is 6. The maximum Gasteiger partial charge on any atom is 0.354 e. The summed E-state index contributed by atoms with van der Waals surface area (Å²) in [6, 6.07) is 9.32. The molecule has 2 rings (SSSR count). The minimum Gasteiger partial charge on any atom is -0.477 e. The second kappa shape index (κ2) is 6.19. The normalized spacial score (nSPS) is 10.4. The highest BCUT2D eigenvalue weighted by Gasteiger charge is 2.13. The van der Waals surface area contributed by atoms with Gasteiger partial charge in [-0.25, -0.2) is 9.78 Å². The van der Waals surface area contributed by atoms with Crippen LogP contribution >= 0.6 is 0 Å². The van der Waals surface area contributed by atoms with Crippen LogP contribution in [0.1, 0.15) is 23.3 Å². The van der Waals surface area contributed by atoms with Crippen molar-refractivity contribution in [3.05, 3.63) is 48.7 Å². The minimum absolute atomic E-state index is 0.0780. The van der Waals surface area contributed by atoms with Gasteiger partial charge in [-0.05, 0) is 24.3 Å². The Kier molecular flexibility index (Phi) is 4.35. The summed E-state index contributed by atoms with van der Waals surface area (Å²) in [7, 11) is 1.93. The predicted octanol–water partition coefficient (Wildman–Crippen LogP) is 3.34. The van der Waals surface area contributed by atoms with Crippen LogP contribution < -0.4 is 4.90 Å². The highest BCUT2D eigenvalue weighted by molar-refractivity contribution is 5.97. The average Bonchev–Trinajstić information content (AvgIpc) is 2.46. The van der Waals surface area contributed by atoms with Gasteiger partial charge in [0.2, 0.25) is 0 Å². The van der Waals surface area contributed by atoms with Crippen LogP contribution in [0.3, 0.4) is 0 Å². The van der Waals surface area contributed by atoms with Crippen LogP contribution in [0.15, 0.2) is 43.0 Å². The molecule has 0 saturated heterocycles. The average molecular weight is 270 g/mol. The monoisotopic (exact) mass is 270 g/mol. The molecule has 0 saturated carbocycles. The lowest BCUT2D eigenvalue weighted by Gasteiger charge is -2.20. The second-order valence-electron chi connectivity index (χ2n) is 4.71. The van der Waals surface area contributed by atoms with Crippen molar-refractivity contribution >= 4 is 22.6 Å². The van der Waals surface area contributed by atoms with Gasteiger partial charge in [0, 0.05) is 19.0 Å². The third-order valence-electron chi connectivity index (χ3n) is 3.20. The third kappa shape index (κ3) is 2.96. The van der Waals surface area contributed by atoms with Gasteiger partial charge >= 0.3 is 5.97 Å². The highest BCUT2D eigenvalue weighted by Crippen LogP contribution is 2.25. The van der Waals surface area contributed by atoms with Crippen LogP contribution in [0.2, 0.25) is 0 Å². The molecule has 0 radical (unpaired) electrons. The zero-order chi connectivity index (χ0) is 14.5. The number of unbranched alkanes of at least 4 members (excludes halogenated alkanes) is 1. The molecular weight excluding hydrogens is 252 g/mol. The first-order valence-electron chi connectivity index (χ1n) is 6.58. The first-order chi connectivity index (χ1) is 9.63. The smallest absolute Gasteiger partial charge is 0.354 e. The van der Waals surface area contributed by atoms with E-state index in [2.05, 4.69) is 11.6 Å². The Bertz CT molecular complexity index is 637. The van der Waals surface area contributed by atoms with E-state index < -0.39 is 5.97 Å². The molecule has 0 aliphatic heterocycles. The van der Waals surface area contributed by atoms with E-state index in [0.29, 0.717) is 5.82 Å². The van der Waals surface area contributed by atoms with Crippen LogP contribution in [-0.2, 0) is 0 Å². The zero-order valence-electron chi connectivity index (χ0n) is 11.5. The molecule has 0 aliphatic carbocycles. The second-order valence-corrected chi connectivity index (χ2v) is 4.71. The van der Waals surface area contributed by atoms with E-state index >= 15 is 0 Å². The van der Waals surface area contributed by atoms with Gasteiger partial charge in [-0.15, -0.1) is 6.58 Å². The third-order valence-corrected chi connectivity index (χ3v) is 3.20. The van der Waals surface area contributed by atoms with Gasteiger partial charge in [-0.3, -0.25) is 0 Å². The first kappa shape index (κ1) is 14.1. The van der Waals surface area contributed by atoms with Crippen molar-refractivity contribution in [1.29, 1.82) is 0 Å². The fourth-order valence-corrected chi connectivity index (χ4v) is 2.16. The van der Waals surface area contributed by atoms with Gasteiger partial charge in [0.15, 0.2) is 5.69 Å². The number of allylic oxidation sites excluding steroid dienone is 1. The molecule has 0 amide bonds. The lowest BCUT2D eigenvalue weighted by molar-refractivity contribution is 0.0691. The fraction of sp³-hybridized carbons (Fsp3) is 0.250. The summed E-state index contributed by atoms with van der Waals surface area (Å²) in [5, 5.41) is 11.0.